The molecule has 1 N–H and O–H groups in total. The van der Waals surface area contributed by atoms with Gasteiger partial charge in [-0.25, -0.2) is 14.2 Å². The highest BCUT2D eigenvalue weighted by Gasteiger charge is 2.27. The van der Waals surface area contributed by atoms with Crippen LogP contribution < -0.4 is 5.32 Å². The maximum atomic E-state index is 13.2. The molecule has 1 aromatic carbocycles. The molecule has 1 fully saturated rings. The van der Waals surface area contributed by atoms with Crippen molar-refractivity contribution < 1.29 is 9.18 Å². The van der Waals surface area contributed by atoms with Crippen molar-refractivity contribution in [2.75, 3.05) is 32.7 Å². The molecule has 3 aliphatic rings. The van der Waals surface area contributed by atoms with Crippen LogP contribution in [0, 0.1) is 5.82 Å². The Kier molecular flexibility index (Phi) is 4.79. The molecule has 3 aliphatic heterocycles. The van der Waals surface area contributed by atoms with E-state index < -0.39 is 0 Å². The maximum absolute atomic E-state index is 13.2. The largest absolute Gasteiger partial charge is 0.353 e. The van der Waals surface area contributed by atoms with Crippen molar-refractivity contribution in [1.29, 1.82) is 0 Å². The summed E-state index contributed by atoms with van der Waals surface area (Å²) in [6, 6.07) is 6.50. The molecule has 0 spiro atoms. The zero-order valence-electron chi connectivity index (χ0n) is 15.3. The smallest absolute Gasteiger partial charge is 0.317 e. The zero-order valence-corrected chi connectivity index (χ0v) is 15.3. The molecule has 142 valence electrons. The molecule has 4 rings (SSSR count). The van der Waals surface area contributed by atoms with Gasteiger partial charge in [0.15, 0.2) is 0 Å². The molecule has 7 nitrogen and oxygen atoms in total. The Bertz CT molecular complexity index is 812. The Morgan fingerprint density at radius 1 is 1.30 bits per heavy atom. The number of rotatable bonds is 3. The van der Waals surface area contributed by atoms with E-state index in [4.69, 9.17) is 0 Å². The maximum Gasteiger partial charge on any atom is 0.317 e. The molecule has 0 aliphatic carbocycles. The van der Waals surface area contributed by atoms with Crippen LogP contribution in [-0.2, 0) is 6.54 Å². The molecule has 1 saturated heterocycles. The van der Waals surface area contributed by atoms with Crippen LogP contribution in [0.15, 0.2) is 46.1 Å². The third kappa shape index (κ3) is 3.79. The fourth-order valence-corrected chi connectivity index (χ4v) is 3.44. The van der Waals surface area contributed by atoms with Gasteiger partial charge in [-0.05, 0) is 24.6 Å². The third-order valence-electron chi connectivity index (χ3n) is 5.05. The minimum absolute atomic E-state index is 0.125. The topological polar surface area (TPSA) is 63.5 Å². The van der Waals surface area contributed by atoms with Crippen molar-refractivity contribution in [2.45, 2.75) is 19.5 Å². The van der Waals surface area contributed by atoms with Crippen molar-refractivity contribution in [2.24, 2.45) is 9.98 Å². The number of carbonyl (C=O) groups is 1. The first-order valence-corrected chi connectivity index (χ1v) is 9.21. The van der Waals surface area contributed by atoms with E-state index in [9.17, 15) is 9.18 Å². The van der Waals surface area contributed by atoms with Crippen LogP contribution in [0.25, 0.3) is 0 Å². The molecule has 0 unspecified atom stereocenters. The number of nitrogens with one attached hydrogen (secondary N) is 1. The van der Waals surface area contributed by atoms with Crippen molar-refractivity contribution >= 4 is 18.2 Å². The van der Waals surface area contributed by atoms with Crippen LogP contribution in [0.3, 0.4) is 0 Å². The monoisotopic (exact) mass is 370 g/mol. The van der Waals surface area contributed by atoms with Gasteiger partial charge in [-0.3, -0.25) is 4.99 Å². The molecule has 0 aromatic heterocycles. The molecular weight excluding hydrogens is 347 g/mol. The first-order chi connectivity index (χ1) is 13.1. The first-order valence-electron chi connectivity index (χ1n) is 9.21. The number of halogens is 1. The van der Waals surface area contributed by atoms with Crippen LogP contribution in [0.5, 0.6) is 0 Å². The molecule has 1 aromatic rings. The van der Waals surface area contributed by atoms with Crippen molar-refractivity contribution in [3.05, 3.63) is 47.5 Å². The highest BCUT2D eigenvalue weighted by molar-refractivity contribution is 6.03. The summed E-state index contributed by atoms with van der Waals surface area (Å²) < 4.78 is 13.2. The predicted molar refractivity (Wildman–Crippen MR) is 102 cm³/mol. The van der Waals surface area contributed by atoms with Gasteiger partial charge in [-0.1, -0.05) is 12.1 Å². The Labute approximate surface area is 157 Å². The second kappa shape index (κ2) is 7.38. The van der Waals surface area contributed by atoms with Crippen molar-refractivity contribution in [3.8, 4) is 0 Å². The normalized spacial score (nSPS) is 21.7. The number of nitrogens with zero attached hydrogens (tertiary/aromatic N) is 5. The van der Waals surface area contributed by atoms with Gasteiger partial charge < -0.3 is 20.0 Å². The zero-order chi connectivity index (χ0) is 18.8. The van der Waals surface area contributed by atoms with Gasteiger partial charge in [-0.15, -0.1) is 0 Å². The number of hydrogen-bond donors (Lipinski definition) is 1. The summed E-state index contributed by atoms with van der Waals surface area (Å²) in [5, 5.41) is 2.86. The Morgan fingerprint density at radius 2 is 2.11 bits per heavy atom. The lowest BCUT2D eigenvalue weighted by molar-refractivity contribution is 0.156. The van der Waals surface area contributed by atoms with Crippen molar-refractivity contribution in [1.82, 2.24) is 20.0 Å². The minimum atomic E-state index is -0.295. The quantitative estimate of drug-likeness (QED) is 0.880. The number of aliphatic imine (C=N–C) groups is 2. The van der Waals surface area contributed by atoms with Gasteiger partial charge in [-0.2, -0.15) is 0 Å². The SMILES string of the molecule is C[C@@H]1CN=C2C=C(N3CCN(C(=O)NCc4cccc(F)c4)CC3)N=CN21. The van der Waals surface area contributed by atoms with Crippen molar-refractivity contribution in [3.63, 3.8) is 0 Å². The number of hydrogen-bond acceptors (Lipinski definition) is 5. The van der Waals surface area contributed by atoms with Gasteiger partial charge in [0.2, 0.25) is 0 Å². The second-order valence-electron chi connectivity index (χ2n) is 6.97. The van der Waals surface area contributed by atoms with Gasteiger partial charge in [0.05, 0.1) is 18.9 Å². The molecule has 0 saturated carbocycles. The van der Waals surface area contributed by atoms with E-state index in [1.54, 1.807) is 17.0 Å². The van der Waals surface area contributed by atoms with E-state index in [1.807, 2.05) is 12.4 Å². The Hall–Kier alpha value is -2.90. The molecule has 0 radical (unpaired) electrons. The molecule has 3 heterocycles. The van der Waals surface area contributed by atoms with Gasteiger partial charge in [0.1, 0.15) is 17.5 Å². The van der Waals surface area contributed by atoms with Crippen LogP contribution in [0.1, 0.15) is 12.5 Å². The molecular formula is C19H23FN6O. The van der Waals surface area contributed by atoms with Crippen LogP contribution >= 0.6 is 0 Å². The number of urea groups is 1. The van der Waals surface area contributed by atoms with Gasteiger partial charge in [0.25, 0.3) is 0 Å². The summed E-state index contributed by atoms with van der Waals surface area (Å²) in [4.78, 5) is 27.5. The lowest BCUT2D eigenvalue weighted by Crippen LogP contribution is -2.51. The fourth-order valence-electron chi connectivity index (χ4n) is 3.44. The average Bonchev–Trinajstić information content (AvgIpc) is 3.06. The number of piperazine rings is 1. The lowest BCUT2D eigenvalue weighted by atomic mass is 10.2. The van der Waals surface area contributed by atoms with Gasteiger partial charge >= 0.3 is 6.03 Å². The second-order valence-corrected chi connectivity index (χ2v) is 6.97. The Balaban J connectivity index is 1.28. The minimum Gasteiger partial charge on any atom is -0.353 e. The van der Waals surface area contributed by atoms with E-state index in [0.29, 0.717) is 25.7 Å². The summed E-state index contributed by atoms with van der Waals surface area (Å²) >= 11 is 0. The first kappa shape index (κ1) is 17.5. The summed E-state index contributed by atoms with van der Waals surface area (Å²) in [6.45, 7) is 5.93. The number of benzene rings is 1. The molecule has 8 heteroatoms. The van der Waals surface area contributed by atoms with Crippen LogP contribution in [0.2, 0.25) is 0 Å². The van der Waals surface area contributed by atoms with E-state index in [-0.39, 0.29) is 11.8 Å². The van der Waals surface area contributed by atoms with E-state index in [0.717, 1.165) is 36.9 Å². The van der Waals surface area contributed by atoms with E-state index in [1.165, 1.54) is 12.1 Å². The third-order valence-corrected chi connectivity index (χ3v) is 5.05. The van der Waals surface area contributed by atoms with Gasteiger partial charge in [0, 0.05) is 38.8 Å². The predicted octanol–water partition coefficient (Wildman–Crippen LogP) is 1.64. The molecule has 27 heavy (non-hydrogen) atoms. The van der Waals surface area contributed by atoms with E-state index >= 15 is 0 Å². The summed E-state index contributed by atoms with van der Waals surface area (Å²) in [6.07, 6.45) is 3.87. The highest BCUT2D eigenvalue weighted by Crippen LogP contribution is 2.19. The van der Waals surface area contributed by atoms with Crippen LogP contribution in [0.4, 0.5) is 9.18 Å². The number of carbonyl (C=O) groups excluding carboxylic acids is 1. The number of amides is 2. The molecule has 2 amide bonds. The van der Waals surface area contributed by atoms with E-state index in [2.05, 4.69) is 32.0 Å². The average molecular weight is 370 g/mol. The lowest BCUT2D eigenvalue weighted by Gasteiger charge is -2.37. The number of fused-ring (bicyclic) bond motifs is 1. The summed E-state index contributed by atoms with van der Waals surface area (Å²) in [5.41, 5.74) is 0.750. The molecule has 1 atom stereocenters. The summed E-state index contributed by atoms with van der Waals surface area (Å²) in [7, 11) is 0. The van der Waals surface area contributed by atoms with Crippen LogP contribution in [-0.4, -0.2) is 71.7 Å². The fraction of sp³-hybridized carbons (Fsp3) is 0.421. The highest BCUT2D eigenvalue weighted by atomic mass is 19.1. The summed E-state index contributed by atoms with van der Waals surface area (Å²) in [5.74, 6) is 1.57. The standard InChI is InChI=1S/C19H23FN6O/c1-14-11-21-18-10-17(23-13-26(14)18)24-5-7-25(8-6-24)19(27)22-12-15-3-2-4-16(20)9-15/h2-4,9-10,13-14H,5-8,11-12H2,1H3,(H,22,27)/t14-/m1/s1. The number of amidine groups is 1. The Morgan fingerprint density at radius 3 is 2.89 bits per heavy atom. The molecule has 0 bridgehead atoms.